The van der Waals surface area contributed by atoms with Crippen LogP contribution in [-0.4, -0.2) is 72.4 Å². The molecule has 2 aromatic rings. The molecule has 0 spiro atoms. The van der Waals surface area contributed by atoms with Crippen molar-refractivity contribution >= 4 is 11.8 Å². The summed E-state index contributed by atoms with van der Waals surface area (Å²) in [5.41, 5.74) is 1.85. The van der Waals surface area contributed by atoms with Crippen LogP contribution in [0, 0.1) is 6.92 Å². The molecule has 0 radical (unpaired) electrons. The largest absolute Gasteiger partial charge is 0.493 e. The van der Waals surface area contributed by atoms with E-state index in [0.717, 1.165) is 42.7 Å². The molecule has 1 aromatic carbocycles. The van der Waals surface area contributed by atoms with Crippen molar-refractivity contribution in [3.63, 3.8) is 0 Å². The molecule has 30 heavy (non-hydrogen) atoms. The Balaban J connectivity index is 1.25. The zero-order valence-corrected chi connectivity index (χ0v) is 18.5. The average Bonchev–Trinajstić information content (AvgIpc) is 3.41. The monoisotopic (exact) mass is 431 g/mol. The van der Waals surface area contributed by atoms with Gasteiger partial charge in [-0.3, -0.25) is 9.80 Å². The van der Waals surface area contributed by atoms with Gasteiger partial charge in [0, 0.05) is 55.8 Å². The van der Waals surface area contributed by atoms with Crippen molar-refractivity contribution in [3.8, 4) is 28.7 Å². The van der Waals surface area contributed by atoms with Crippen LogP contribution in [0.4, 0.5) is 0 Å². The lowest BCUT2D eigenvalue weighted by atomic mass is 10.0. The second-order valence-corrected chi connectivity index (χ2v) is 9.31. The predicted molar refractivity (Wildman–Crippen MR) is 117 cm³/mol. The Morgan fingerprint density at radius 3 is 2.70 bits per heavy atom. The fourth-order valence-corrected chi connectivity index (χ4v) is 5.48. The molecule has 3 aliphatic heterocycles. The highest BCUT2D eigenvalue weighted by atomic mass is 32.2. The van der Waals surface area contributed by atoms with Gasteiger partial charge < -0.3 is 18.6 Å². The molecule has 5 rings (SSSR count). The standard InChI is InChI=1S/C22H29N3O4S/c1-15-18(13-24-5-3-17(4-6-24)25-7-9-30-10-8-25)23-22(29-15)16-11-19(26-2)21-20(12-16)27-14-28-21/h11-12,17H,3-10,13-14H2,1-2H3. The number of ether oxygens (including phenoxy) is 3. The maximum Gasteiger partial charge on any atom is 0.231 e. The summed E-state index contributed by atoms with van der Waals surface area (Å²) in [6.45, 7) is 7.77. The maximum atomic E-state index is 6.02. The number of hydrogen-bond acceptors (Lipinski definition) is 8. The molecule has 1 aromatic heterocycles. The van der Waals surface area contributed by atoms with E-state index < -0.39 is 0 Å². The molecule has 0 bridgehead atoms. The van der Waals surface area contributed by atoms with Gasteiger partial charge in [-0.1, -0.05) is 0 Å². The van der Waals surface area contributed by atoms with Gasteiger partial charge in [0.1, 0.15) is 5.76 Å². The van der Waals surface area contributed by atoms with E-state index in [4.69, 9.17) is 23.6 Å². The minimum absolute atomic E-state index is 0.206. The van der Waals surface area contributed by atoms with Crippen molar-refractivity contribution in [3.05, 3.63) is 23.6 Å². The van der Waals surface area contributed by atoms with Crippen LogP contribution in [0.2, 0.25) is 0 Å². The first-order valence-corrected chi connectivity index (χ1v) is 11.8. The lowest BCUT2D eigenvalue weighted by molar-refractivity contribution is 0.111. The molecule has 0 amide bonds. The molecular formula is C22H29N3O4S. The molecule has 0 atom stereocenters. The van der Waals surface area contributed by atoms with Crippen molar-refractivity contribution in [2.45, 2.75) is 32.4 Å². The second kappa shape index (κ2) is 8.69. The van der Waals surface area contributed by atoms with Crippen LogP contribution in [0.1, 0.15) is 24.3 Å². The minimum Gasteiger partial charge on any atom is -0.493 e. The van der Waals surface area contributed by atoms with Gasteiger partial charge >= 0.3 is 0 Å². The maximum absolute atomic E-state index is 6.02. The van der Waals surface area contributed by atoms with E-state index in [1.165, 1.54) is 37.4 Å². The molecule has 0 N–H and O–H groups in total. The number of methoxy groups -OCH3 is 1. The molecule has 4 heterocycles. The highest BCUT2D eigenvalue weighted by molar-refractivity contribution is 7.99. The summed E-state index contributed by atoms with van der Waals surface area (Å²) in [4.78, 5) is 10.0. The zero-order valence-electron chi connectivity index (χ0n) is 17.7. The summed E-state index contributed by atoms with van der Waals surface area (Å²) < 4.78 is 22.5. The Labute approximate surface area is 181 Å². The number of aromatic nitrogens is 1. The third-order valence-corrected chi connectivity index (χ3v) is 7.23. The average molecular weight is 432 g/mol. The summed E-state index contributed by atoms with van der Waals surface area (Å²) in [6.07, 6.45) is 2.49. The van der Waals surface area contributed by atoms with E-state index in [-0.39, 0.29) is 6.79 Å². The van der Waals surface area contributed by atoms with Crippen LogP contribution in [0.25, 0.3) is 11.5 Å². The molecule has 0 unspecified atom stereocenters. The Hall–Kier alpha value is -1.90. The van der Waals surface area contributed by atoms with Crippen LogP contribution < -0.4 is 14.2 Å². The number of nitrogens with zero attached hydrogens (tertiary/aromatic N) is 3. The number of benzene rings is 1. The number of fused-ring (bicyclic) bond motifs is 1. The zero-order chi connectivity index (χ0) is 20.5. The van der Waals surface area contributed by atoms with Gasteiger partial charge in [0.15, 0.2) is 11.5 Å². The first-order chi connectivity index (χ1) is 14.7. The number of piperidine rings is 1. The second-order valence-electron chi connectivity index (χ2n) is 8.09. The fraction of sp³-hybridized carbons (Fsp3) is 0.591. The smallest absolute Gasteiger partial charge is 0.231 e. The third-order valence-electron chi connectivity index (χ3n) is 6.29. The molecule has 0 saturated carbocycles. The van der Waals surface area contributed by atoms with Gasteiger partial charge in [-0.25, -0.2) is 4.98 Å². The Kier molecular flexibility index (Phi) is 5.80. The van der Waals surface area contributed by atoms with Crippen LogP contribution in [-0.2, 0) is 6.54 Å². The number of hydrogen-bond donors (Lipinski definition) is 0. The van der Waals surface area contributed by atoms with Gasteiger partial charge in [0.05, 0.1) is 12.8 Å². The summed E-state index contributed by atoms with van der Waals surface area (Å²) in [7, 11) is 1.62. The number of rotatable bonds is 5. The Bertz CT molecular complexity index is 889. The molecule has 2 saturated heterocycles. The van der Waals surface area contributed by atoms with Gasteiger partial charge in [-0.15, -0.1) is 0 Å². The first kappa shape index (κ1) is 20.0. The van der Waals surface area contributed by atoms with Crippen LogP contribution >= 0.6 is 11.8 Å². The van der Waals surface area contributed by atoms with Crippen LogP contribution in [0.3, 0.4) is 0 Å². The van der Waals surface area contributed by atoms with E-state index in [0.29, 0.717) is 23.1 Å². The minimum atomic E-state index is 0.206. The fourth-order valence-electron chi connectivity index (χ4n) is 4.55. The highest BCUT2D eigenvalue weighted by Crippen LogP contribution is 2.44. The summed E-state index contributed by atoms with van der Waals surface area (Å²) in [5.74, 6) is 5.98. The highest BCUT2D eigenvalue weighted by Gasteiger charge is 2.27. The van der Waals surface area contributed by atoms with Crippen molar-refractivity contribution in [1.29, 1.82) is 0 Å². The first-order valence-electron chi connectivity index (χ1n) is 10.7. The predicted octanol–water partition coefficient (Wildman–Crippen LogP) is 3.40. The quantitative estimate of drug-likeness (QED) is 0.714. The summed E-state index contributed by atoms with van der Waals surface area (Å²) in [5, 5.41) is 0. The van der Waals surface area contributed by atoms with Gasteiger partial charge in [-0.2, -0.15) is 11.8 Å². The number of thioether (sulfide) groups is 1. The van der Waals surface area contributed by atoms with E-state index in [2.05, 4.69) is 21.6 Å². The number of oxazole rings is 1. The molecule has 8 heteroatoms. The van der Waals surface area contributed by atoms with Crippen molar-refractivity contribution in [2.75, 3.05) is 51.6 Å². The molecule has 7 nitrogen and oxygen atoms in total. The Morgan fingerprint density at radius 1 is 1.13 bits per heavy atom. The van der Waals surface area contributed by atoms with Crippen LogP contribution in [0.5, 0.6) is 17.2 Å². The van der Waals surface area contributed by atoms with Crippen molar-refractivity contribution in [1.82, 2.24) is 14.8 Å². The van der Waals surface area contributed by atoms with E-state index in [9.17, 15) is 0 Å². The SMILES string of the molecule is COc1cc(-c2nc(CN3CCC(N4CCSCC4)CC3)c(C)o2)cc2c1OCO2. The van der Waals surface area contributed by atoms with Gasteiger partial charge in [-0.05, 0) is 31.9 Å². The van der Waals surface area contributed by atoms with E-state index >= 15 is 0 Å². The normalized spacial score (nSPS) is 20.6. The number of likely N-dealkylation sites (tertiary alicyclic amines) is 1. The van der Waals surface area contributed by atoms with E-state index in [1.54, 1.807) is 7.11 Å². The third kappa shape index (κ3) is 4.00. The van der Waals surface area contributed by atoms with Crippen LogP contribution in [0.15, 0.2) is 16.5 Å². The van der Waals surface area contributed by atoms with Crippen molar-refractivity contribution < 1.29 is 18.6 Å². The topological polar surface area (TPSA) is 60.2 Å². The molecule has 3 aliphatic rings. The lowest BCUT2D eigenvalue weighted by Gasteiger charge is -2.39. The molecule has 162 valence electrons. The molecule has 2 fully saturated rings. The van der Waals surface area contributed by atoms with E-state index in [1.807, 2.05) is 19.1 Å². The molecule has 0 aliphatic carbocycles. The Morgan fingerprint density at radius 2 is 1.93 bits per heavy atom. The number of aryl methyl sites for hydroxylation is 1. The van der Waals surface area contributed by atoms with Gasteiger partial charge in [0.25, 0.3) is 0 Å². The van der Waals surface area contributed by atoms with Crippen molar-refractivity contribution in [2.24, 2.45) is 0 Å². The van der Waals surface area contributed by atoms with Gasteiger partial charge in [0.2, 0.25) is 18.4 Å². The molecular weight excluding hydrogens is 402 g/mol. The summed E-state index contributed by atoms with van der Waals surface area (Å²) >= 11 is 2.08. The summed E-state index contributed by atoms with van der Waals surface area (Å²) in [6, 6.07) is 4.55. The lowest BCUT2D eigenvalue weighted by Crippen LogP contribution is -2.47.